The molecule has 1 saturated heterocycles. The molecule has 2 aliphatic rings. The lowest BCUT2D eigenvalue weighted by molar-refractivity contribution is -0.139. The van der Waals surface area contributed by atoms with Crippen molar-refractivity contribution in [1.29, 1.82) is 0 Å². The largest absolute Gasteiger partial charge is 0.388 e. The van der Waals surface area contributed by atoms with Crippen molar-refractivity contribution in [1.82, 2.24) is 14.7 Å². The topological polar surface area (TPSA) is 92.5 Å². The first-order chi connectivity index (χ1) is 16.4. The fourth-order valence-electron chi connectivity index (χ4n) is 5.01. The quantitative estimate of drug-likeness (QED) is 0.497. The number of Topliss-reactive ketones (excluding diaryl/α,β-unsaturated/α-hetero) is 2. The van der Waals surface area contributed by atoms with Gasteiger partial charge < -0.3 is 10.0 Å². The number of aryl methyl sites for hydroxylation is 1. The fourth-order valence-corrected chi connectivity index (χ4v) is 5.20. The van der Waals surface area contributed by atoms with E-state index in [-0.39, 0.29) is 47.8 Å². The molecular weight excluding hydrogens is 461 g/mol. The van der Waals surface area contributed by atoms with E-state index in [9.17, 15) is 23.9 Å². The van der Waals surface area contributed by atoms with E-state index in [1.165, 1.54) is 10.7 Å². The van der Waals surface area contributed by atoms with Gasteiger partial charge in [-0.3, -0.25) is 19.1 Å². The number of piperidine rings is 1. The van der Waals surface area contributed by atoms with Gasteiger partial charge in [0.2, 0.25) is 11.7 Å². The number of amides is 1. The van der Waals surface area contributed by atoms with Crippen molar-refractivity contribution in [2.75, 3.05) is 6.61 Å². The highest BCUT2D eigenvalue weighted by molar-refractivity contribution is 6.30. The first kappa shape index (κ1) is 22.7. The van der Waals surface area contributed by atoms with Crippen LogP contribution in [-0.2, 0) is 22.6 Å². The molecule has 1 aromatic heterocycles. The number of halogens is 2. The van der Waals surface area contributed by atoms with Crippen LogP contribution in [0.25, 0.3) is 10.9 Å². The highest BCUT2D eigenvalue weighted by atomic mass is 35.5. The van der Waals surface area contributed by atoms with Crippen LogP contribution in [0.1, 0.15) is 35.3 Å². The molecule has 1 aliphatic carbocycles. The summed E-state index contributed by atoms with van der Waals surface area (Å²) in [6.45, 7) is -0.788. The van der Waals surface area contributed by atoms with Crippen LogP contribution in [0.15, 0.2) is 42.5 Å². The number of likely N-dealkylation sites (tertiary alicyclic amines) is 1. The zero-order chi connectivity index (χ0) is 24.0. The number of ketones is 2. The summed E-state index contributed by atoms with van der Waals surface area (Å²) < 4.78 is 15.7. The molecule has 0 spiro atoms. The van der Waals surface area contributed by atoms with Crippen LogP contribution in [0.5, 0.6) is 0 Å². The van der Waals surface area contributed by atoms with E-state index in [4.69, 9.17) is 11.6 Å². The molecule has 5 rings (SSSR count). The molecule has 7 nitrogen and oxygen atoms in total. The number of hydrogen-bond acceptors (Lipinski definition) is 5. The summed E-state index contributed by atoms with van der Waals surface area (Å²) in [5.41, 5.74) is 1.11. The van der Waals surface area contributed by atoms with E-state index in [0.717, 1.165) is 6.42 Å². The maximum atomic E-state index is 14.2. The number of benzene rings is 2. The molecule has 2 aromatic carbocycles. The number of aliphatic hydroxyl groups is 1. The predicted octanol–water partition coefficient (Wildman–Crippen LogP) is 3.20. The van der Waals surface area contributed by atoms with Gasteiger partial charge in [-0.05, 0) is 42.9 Å². The van der Waals surface area contributed by atoms with Gasteiger partial charge in [0, 0.05) is 17.8 Å². The third kappa shape index (κ3) is 4.01. The van der Waals surface area contributed by atoms with Crippen LogP contribution in [0.3, 0.4) is 0 Å². The first-order valence-corrected chi connectivity index (χ1v) is 11.6. The standard InChI is InChI=1S/C25H23ClFN3O4/c26-17-6-3-4-14(24(17)27)8-9-21(32)20-11-15-10-19(15)30(20)23(34)12-29-18-7-2-1-5-16(18)25(28-29)22(33)13-31/h1-7,15,19-20,31H,8-13H2/t15-,19-,20+/m1/s1. The van der Waals surface area contributed by atoms with Crippen molar-refractivity contribution < 1.29 is 23.9 Å². The Kier molecular flexibility index (Phi) is 5.95. The van der Waals surface area contributed by atoms with E-state index in [1.807, 2.05) is 0 Å². The molecule has 1 amide bonds. The number of aromatic nitrogens is 2. The molecule has 1 N–H and O–H groups in total. The summed E-state index contributed by atoms with van der Waals surface area (Å²) in [7, 11) is 0. The molecule has 1 saturated carbocycles. The van der Waals surface area contributed by atoms with Crippen LogP contribution in [-0.4, -0.2) is 56.0 Å². The van der Waals surface area contributed by atoms with Crippen LogP contribution < -0.4 is 0 Å². The maximum Gasteiger partial charge on any atom is 0.245 e. The van der Waals surface area contributed by atoms with Gasteiger partial charge in [0.05, 0.1) is 16.6 Å². The number of hydrogen-bond donors (Lipinski definition) is 1. The summed E-state index contributed by atoms with van der Waals surface area (Å²) in [6, 6.07) is 11.2. The minimum Gasteiger partial charge on any atom is -0.388 e. The second kappa shape index (κ2) is 8.92. The second-order valence-corrected chi connectivity index (χ2v) is 9.31. The van der Waals surface area contributed by atoms with Gasteiger partial charge in [0.15, 0.2) is 5.78 Å². The second-order valence-electron chi connectivity index (χ2n) is 8.90. The Hall–Kier alpha value is -3.10. The van der Waals surface area contributed by atoms with Gasteiger partial charge in [-0.15, -0.1) is 0 Å². The van der Waals surface area contributed by atoms with E-state index < -0.39 is 24.2 Å². The van der Waals surface area contributed by atoms with Gasteiger partial charge in [-0.25, -0.2) is 4.39 Å². The summed E-state index contributed by atoms with van der Waals surface area (Å²) >= 11 is 5.84. The molecule has 34 heavy (non-hydrogen) atoms. The van der Waals surface area contributed by atoms with E-state index >= 15 is 0 Å². The highest BCUT2D eigenvalue weighted by Crippen LogP contribution is 2.48. The van der Waals surface area contributed by atoms with E-state index in [1.54, 1.807) is 41.3 Å². The Morgan fingerprint density at radius 3 is 2.71 bits per heavy atom. The average Bonchev–Trinajstić information content (AvgIpc) is 3.35. The smallest absolute Gasteiger partial charge is 0.245 e. The minimum atomic E-state index is -0.672. The maximum absolute atomic E-state index is 14.2. The molecule has 2 heterocycles. The average molecular weight is 484 g/mol. The summed E-state index contributed by atoms with van der Waals surface area (Å²) in [5.74, 6) is -1.07. The SMILES string of the molecule is O=C(CO)c1nn(CC(=O)N2[C@@H]3C[C@@H]3C[C@H]2C(=O)CCc2cccc(Cl)c2F)c2ccccc12. The lowest BCUT2D eigenvalue weighted by Gasteiger charge is -2.27. The normalized spacial score (nSPS) is 21.0. The Morgan fingerprint density at radius 1 is 1.12 bits per heavy atom. The summed E-state index contributed by atoms with van der Waals surface area (Å²) in [6.07, 6.45) is 1.81. The lowest BCUT2D eigenvalue weighted by Crippen LogP contribution is -2.44. The van der Waals surface area contributed by atoms with Gasteiger partial charge in [0.25, 0.3) is 0 Å². The number of para-hydroxylation sites is 1. The van der Waals surface area contributed by atoms with E-state index in [2.05, 4.69) is 5.10 Å². The molecular formula is C25H23ClFN3O4. The molecule has 176 valence electrons. The molecule has 0 bridgehead atoms. The van der Waals surface area contributed by atoms with Crippen molar-refractivity contribution in [3.05, 3.63) is 64.6 Å². The van der Waals surface area contributed by atoms with Gasteiger partial charge >= 0.3 is 0 Å². The number of carbonyl (C=O) groups excluding carboxylic acids is 3. The van der Waals surface area contributed by atoms with Crippen molar-refractivity contribution in [3.8, 4) is 0 Å². The van der Waals surface area contributed by atoms with Crippen LogP contribution in [0.4, 0.5) is 4.39 Å². The number of aliphatic hydroxyl groups excluding tert-OH is 1. The molecule has 3 aromatic rings. The third-order valence-corrected chi connectivity index (χ3v) is 7.08. The predicted molar refractivity (Wildman–Crippen MR) is 123 cm³/mol. The number of fused-ring (bicyclic) bond motifs is 2. The summed E-state index contributed by atoms with van der Waals surface area (Å²) in [5, 5.41) is 14.2. The van der Waals surface area contributed by atoms with Gasteiger partial charge in [-0.2, -0.15) is 5.10 Å². The Bertz CT molecular complexity index is 1310. The number of nitrogens with zero attached hydrogens (tertiary/aromatic N) is 3. The lowest BCUT2D eigenvalue weighted by atomic mass is 10.00. The van der Waals surface area contributed by atoms with E-state index in [0.29, 0.717) is 28.8 Å². The van der Waals surface area contributed by atoms with Crippen molar-refractivity contribution in [2.45, 2.75) is 44.3 Å². The van der Waals surface area contributed by atoms with Gasteiger partial charge in [-0.1, -0.05) is 41.9 Å². The first-order valence-electron chi connectivity index (χ1n) is 11.3. The molecule has 0 radical (unpaired) electrons. The number of carbonyl (C=O) groups is 3. The van der Waals surface area contributed by atoms with Crippen molar-refractivity contribution >= 4 is 40.0 Å². The Balaban J connectivity index is 1.33. The van der Waals surface area contributed by atoms with Crippen molar-refractivity contribution in [2.24, 2.45) is 5.92 Å². The van der Waals surface area contributed by atoms with Crippen LogP contribution in [0.2, 0.25) is 5.02 Å². The third-order valence-electron chi connectivity index (χ3n) is 6.79. The highest BCUT2D eigenvalue weighted by Gasteiger charge is 2.55. The van der Waals surface area contributed by atoms with Gasteiger partial charge in [0.1, 0.15) is 24.7 Å². The van der Waals surface area contributed by atoms with Crippen molar-refractivity contribution in [3.63, 3.8) is 0 Å². The van der Waals surface area contributed by atoms with Crippen LogP contribution >= 0.6 is 11.6 Å². The molecule has 2 fully saturated rings. The molecule has 3 atom stereocenters. The monoisotopic (exact) mass is 483 g/mol. The molecule has 0 unspecified atom stereocenters. The number of rotatable bonds is 8. The minimum absolute atomic E-state index is 0.0226. The molecule has 1 aliphatic heterocycles. The van der Waals surface area contributed by atoms with Crippen LogP contribution in [0, 0.1) is 11.7 Å². The zero-order valence-electron chi connectivity index (χ0n) is 18.3. The molecule has 9 heteroatoms. The Morgan fingerprint density at radius 2 is 1.91 bits per heavy atom. The fraction of sp³-hybridized carbons (Fsp3) is 0.360. The zero-order valence-corrected chi connectivity index (χ0v) is 19.0. The Labute approximate surface area is 200 Å². The summed E-state index contributed by atoms with van der Waals surface area (Å²) in [4.78, 5) is 40.2.